The zero-order chi connectivity index (χ0) is 9.86. The van der Waals surface area contributed by atoms with Crippen LogP contribution in [0.1, 0.15) is 48.0 Å². The van der Waals surface area contributed by atoms with Gasteiger partial charge < -0.3 is 0 Å². The minimum Gasteiger partial charge on any atom is -0.0901 e. The molecular formula is C10H25I. The SMILES string of the molecule is CC.CCC(C)C(C)C.CI. The van der Waals surface area contributed by atoms with Crippen molar-refractivity contribution in [1.82, 2.24) is 0 Å². The topological polar surface area (TPSA) is 0 Å². The van der Waals surface area contributed by atoms with Crippen molar-refractivity contribution >= 4 is 22.6 Å². The first kappa shape index (κ1) is 17.7. The molecule has 11 heavy (non-hydrogen) atoms. The summed E-state index contributed by atoms with van der Waals surface area (Å²) in [5.41, 5.74) is 0. The number of hydrogen-bond acceptors (Lipinski definition) is 0. The quantitative estimate of drug-likeness (QED) is 0.502. The Labute approximate surface area is 87.3 Å². The molecule has 1 heteroatoms. The number of hydrogen-bond donors (Lipinski definition) is 0. The average molecular weight is 272 g/mol. The van der Waals surface area contributed by atoms with Crippen molar-refractivity contribution in [1.29, 1.82) is 0 Å². The van der Waals surface area contributed by atoms with Crippen molar-refractivity contribution in [3.8, 4) is 0 Å². The molecular weight excluding hydrogens is 247 g/mol. The molecule has 1 atom stereocenters. The van der Waals surface area contributed by atoms with E-state index in [-0.39, 0.29) is 0 Å². The van der Waals surface area contributed by atoms with Gasteiger partial charge in [-0.15, -0.1) is 0 Å². The summed E-state index contributed by atoms with van der Waals surface area (Å²) in [6.07, 6.45) is 1.32. The van der Waals surface area contributed by atoms with Crippen LogP contribution in [-0.2, 0) is 0 Å². The summed E-state index contributed by atoms with van der Waals surface area (Å²) in [4.78, 5) is 1.97. The van der Waals surface area contributed by atoms with E-state index in [0.29, 0.717) is 0 Å². The summed E-state index contributed by atoms with van der Waals surface area (Å²) in [6.45, 7) is 13.1. The Bertz CT molecular complexity index is 42.1. The summed E-state index contributed by atoms with van der Waals surface area (Å²) >= 11 is 2.15. The lowest BCUT2D eigenvalue weighted by atomic mass is 9.96. The van der Waals surface area contributed by atoms with E-state index in [9.17, 15) is 0 Å². The van der Waals surface area contributed by atoms with E-state index < -0.39 is 0 Å². The fourth-order valence-electron chi connectivity index (χ4n) is 0.471. The second kappa shape index (κ2) is 17.0. The van der Waals surface area contributed by atoms with E-state index in [2.05, 4.69) is 50.3 Å². The zero-order valence-corrected chi connectivity index (χ0v) is 11.4. The van der Waals surface area contributed by atoms with E-state index >= 15 is 0 Å². The fourth-order valence-corrected chi connectivity index (χ4v) is 0.471. The van der Waals surface area contributed by atoms with Gasteiger partial charge in [-0.3, -0.25) is 0 Å². The molecule has 0 aromatic heterocycles. The lowest BCUT2D eigenvalue weighted by molar-refractivity contribution is 0.407. The third-order valence-electron chi connectivity index (χ3n) is 1.78. The van der Waals surface area contributed by atoms with Crippen LogP contribution < -0.4 is 0 Å². The molecule has 0 radical (unpaired) electrons. The van der Waals surface area contributed by atoms with E-state index in [4.69, 9.17) is 0 Å². The molecule has 0 saturated heterocycles. The van der Waals surface area contributed by atoms with Gasteiger partial charge in [0.05, 0.1) is 0 Å². The molecule has 0 aliphatic carbocycles. The van der Waals surface area contributed by atoms with Crippen molar-refractivity contribution in [3.63, 3.8) is 0 Å². The first-order chi connectivity index (χ1) is 5.18. The second-order valence-electron chi connectivity index (χ2n) is 2.63. The third kappa shape index (κ3) is 18.1. The molecule has 0 N–H and O–H groups in total. The van der Waals surface area contributed by atoms with Gasteiger partial charge >= 0.3 is 0 Å². The Morgan fingerprint density at radius 3 is 1.27 bits per heavy atom. The summed E-state index contributed by atoms with van der Waals surface area (Å²) < 4.78 is 0. The number of halogens is 1. The maximum atomic E-state index is 2.30. The fraction of sp³-hybridized carbons (Fsp3) is 1.00. The van der Waals surface area contributed by atoms with Crippen molar-refractivity contribution in [2.75, 3.05) is 4.93 Å². The summed E-state index contributed by atoms with van der Waals surface area (Å²) in [7, 11) is 0. The number of rotatable bonds is 2. The standard InChI is InChI=1S/C7H16.C2H6.CH3I/c1-5-7(4)6(2)3;2*1-2/h6-7H,5H2,1-4H3;1-2H3;1H3. The van der Waals surface area contributed by atoms with E-state index in [0.717, 1.165) is 11.8 Å². The van der Waals surface area contributed by atoms with Crippen LogP contribution in [0.2, 0.25) is 0 Å². The first-order valence-electron chi connectivity index (χ1n) is 4.56. The Morgan fingerprint density at radius 2 is 1.27 bits per heavy atom. The highest BCUT2D eigenvalue weighted by atomic mass is 127. The molecule has 0 amide bonds. The summed E-state index contributed by atoms with van der Waals surface area (Å²) in [5, 5.41) is 0. The molecule has 0 saturated carbocycles. The van der Waals surface area contributed by atoms with Crippen LogP contribution in [0, 0.1) is 11.8 Å². The van der Waals surface area contributed by atoms with Crippen LogP contribution >= 0.6 is 22.6 Å². The Morgan fingerprint density at radius 1 is 1.00 bits per heavy atom. The lowest BCUT2D eigenvalue weighted by Crippen LogP contribution is -2.00. The monoisotopic (exact) mass is 272 g/mol. The van der Waals surface area contributed by atoms with Crippen LogP contribution in [0.25, 0.3) is 0 Å². The maximum Gasteiger partial charge on any atom is -0.0121 e. The van der Waals surface area contributed by atoms with Crippen LogP contribution in [0.4, 0.5) is 0 Å². The molecule has 0 heterocycles. The zero-order valence-electron chi connectivity index (χ0n) is 9.24. The van der Waals surface area contributed by atoms with Crippen LogP contribution in [-0.4, -0.2) is 4.93 Å². The second-order valence-corrected chi connectivity index (χ2v) is 2.63. The predicted octanol–water partition coefficient (Wildman–Crippen LogP) is 4.77. The Hall–Kier alpha value is 0.730. The largest absolute Gasteiger partial charge is 0.0901 e. The molecule has 0 rings (SSSR count). The van der Waals surface area contributed by atoms with Gasteiger partial charge in [-0.2, -0.15) is 0 Å². The number of alkyl halides is 1. The highest BCUT2D eigenvalue weighted by molar-refractivity contribution is 14.1. The lowest BCUT2D eigenvalue weighted by Gasteiger charge is -2.10. The minimum atomic E-state index is 0.866. The van der Waals surface area contributed by atoms with Crippen molar-refractivity contribution in [2.45, 2.75) is 48.0 Å². The smallest absolute Gasteiger partial charge is 0.0121 e. The normalized spacial score (nSPS) is 10.6. The van der Waals surface area contributed by atoms with Gasteiger partial charge in [0.2, 0.25) is 0 Å². The molecule has 0 aliphatic rings. The predicted molar refractivity (Wildman–Crippen MR) is 65.6 cm³/mol. The van der Waals surface area contributed by atoms with Crippen LogP contribution in [0.5, 0.6) is 0 Å². The van der Waals surface area contributed by atoms with Gasteiger partial charge in [-0.25, -0.2) is 0 Å². The van der Waals surface area contributed by atoms with Gasteiger partial charge in [0.25, 0.3) is 0 Å². The van der Waals surface area contributed by atoms with E-state index in [1.54, 1.807) is 0 Å². The van der Waals surface area contributed by atoms with E-state index in [1.807, 2.05) is 18.8 Å². The van der Waals surface area contributed by atoms with Crippen LogP contribution in [0.3, 0.4) is 0 Å². The van der Waals surface area contributed by atoms with Gasteiger partial charge in [0.1, 0.15) is 0 Å². The summed E-state index contributed by atoms with van der Waals surface area (Å²) in [6, 6.07) is 0. The molecule has 0 aromatic carbocycles. The molecule has 0 aliphatic heterocycles. The molecule has 0 nitrogen and oxygen atoms in total. The van der Waals surface area contributed by atoms with Crippen molar-refractivity contribution in [3.05, 3.63) is 0 Å². The molecule has 0 fully saturated rings. The van der Waals surface area contributed by atoms with Crippen molar-refractivity contribution in [2.24, 2.45) is 11.8 Å². The van der Waals surface area contributed by atoms with Gasteiger partial charge in [0, 0.05) is 0 Å². The van der Waals surface area contributed by atoms with Gasteiger partial charge in [-0.1, -0.05) is 70.6 Å². The first-order valence-corrected chi connectivity index (χ1v) is 6.72. The van der Waals surface area contributed by atoms with E-state index in [1.165, 1.54) is 6.42 Å². The Balaban J connectivity index is -0.000000138. The average Bonchev–Trinajstić information content (AvgIpc) is 2.10. The molecule has 0 aromatic rings. The van der Waals surface area contributed by atoms with Gasteiger partial charge in [-0.05, 0) is 16.8 Å². The minimum absolute atomic E-state index is 0.866. The molecule has 1 unspecified atom stereocenters. The van der Waals surface area contributed by atoms with Crippen LogP contribution in [0.15, 0.2) is 0 Å². The Kier molecular flexibility index (Phi) is 27.4. The molecule has 72 valence electrons. The van der Waals surface area contributed by atoms with Crippen molar-refractivity contribution < 1.29 is 0 Å². The molecule has 0 spiro atoms. The molecule has 0 bridgehead atoms. The van der Waals surface area contributed by atoms with Gasteiger partial charge in [0.15, 0.2) is 0 Å². The maximum absolute atomic E-state index is 2.30. The highest BCUT2D eigenvalue weighted by Gasteiger charge is 2.01. The summed E-state index contributed by atoms with van der Waals surface area (Å²) in [5.74, 6) is 1.77. The third-order valence-corrected chi connectivity index (χ3v) is 1.78. The highest BCUT2D eigenvalue weighted by Crippen LogP contribution is 2.11.